The molecule has 1 aromatic rings. The molecule has 7 nitrogen and oxygen atoms in total. The number of imide groups is 1. The summed E-state index contributed by atoms with van der Waals surface area (Å²) in [4.78, 5) is 54.7. The highest BCUT2D eigenvalue weighted by atomic mass is 16.7. The van der Waals surface area contributed by atoms with E-state index in [9.17, 15) is 19.2 Å². The van der Waals surface area contributed by atoms with Crippen LogP contribution in [0.25, 0.3) is 0 Å². The van der Waals surface area contributed by atoms with Crippen LogP contribution in [-0.2, 0) is 19.2 Å². The molecule has 0 heterocycles. The Morgan fingerprint density at radius 1 is 0.698 bits per heavy atom. The number of hydroxylamine groups is 2. The smallest absolute Gasteiger partial charge is 0.367 e. The van der Waals surface area contributed by atoms with Gasteiger partial charge in [-0.3, -0.25) is 14.4 Å². The van der Waals surface area contributed by atoms with Crippen molar-refractivity contribution in [2.75, 3.05) is 0 Å². The minimum Gasteiger partial charge on any atom is -0.426 e. The van der Waals surface area contributed by atoms with Gasteiger partial charge in [0.25, 0.3) is 11.8 Å². The predicted molar refractivity (Wildman–Crippen MR) is 172 cm³/mol. The lowest BCUT2D eigenvalue weighted by Gasteiger charge is -2.18. The van der Waals surface area contributed by atoms with E-state index < -0.39 is 23.8 Å². The molecular weight excluding hydrogens is 542 g/mol. The van der Waals surface area contributed by atoms with Crippen LogP contribution in [0.2, 0.25) is 0 Å². The Morgan fingerprint density at radius 2 is 1.26 bits per heavy atom. The summed E-state index contributed by atoms with van der Waals surface area (Å²) in [6, 6.07) is 5.93. The van der Waals surface area contributed by atoms with E-state index in [2.05, 4.69) is 19.1 Å². The second-order valence-corrected chi connectivity index (χ2v) is 9.84. The lowest BCUT2D eigenvalue weighted by Crippen LogP contribution is -2.37. The second-order valence-electron chi connectivity index (χ2n) is 9.84. The zero-order chi connectivity index (χ0) is 31.5. The van der Waals surface area contributed by atoms with Gasteiger partial charge in [-0.15, -0.1) is 0 Å². The van der Waals surface area contributed by atoms with Gasteiger partial charge in [0, 0.05) is 19.4 Å². The summed E-state index contributed by atoms with van der Waals surface area (Å²) in [5.74, 6) is -3.10. The zero-order valence-corrected chi connectivity index (χ0v) is 25.9. The van der Waals surface area contributed by atoms with Crippen LogP contribution in [-0.4, -0.2) is 28.8 Å². The van der Waals surface area contributed by atoms with Crippen molar-refractivity contribution in [2.24, 2.45) is 0 Å². The molecule has 232 valence electrons. The van der Waals surface area contributed by atoms with Gasteiger partial charge >= 0.3 is 11.9 Å². The van der Waals surface area contributed by atoms with E-state index in [1.165, 1.54) is 70.1 Å². The molecule has 0 fully saturated rings. The lowest BCUT2D eigenvalue weighted by molar-refractivity contribution is -0.177. The molecule has 0 unspecified atom stereocenters. The number of hydrogen-bond donors (Lipinski definition) is 0. The molecule has 0 N–H and O–H groups in total. The molecular formula is C36H47NO6. The Morgan fingerprint density at radius 3 is 1.88 bits per heavy atom. The van der Waals surface area contributed by atoms with E-state index in [4.69, 9.17) is 9.57 Å². The minimum atomic E-state index is -0.994. The lowest BCUT2D eigenvalue weighted by atomic mass is 10.1. The number of benzene rings is 1. The van der Waals surface area contributed by atoms with Crippen LogP contribution in [0.5, 0.6) is 5.75 Å². The standard InChI is InChI=1S/C36H47NO6/c1-4-6-8-9-10-11-12-13-14-15-16-17-18-19-20-21-22-23-24-30-35(40)37(34(39)29-7-5-2)43-36(41)32-27-25-26-28-33(32)42-31(3)38/h14-28,30H,4-13,29H2,1-3H3. The number of allylic oxidation sites excluding steroid dienone is 11. The van der Waals surface area contributed by atoms with Gasteiger partial charge in [-0.1, -0.05) is 143 Å². The number of ether oxygens (including phenoxy) is 1. The third-order valence-electron chi connectivity index (χ3n) is 6.05. The molecule has 0 atom stereocenters. The largest absolute Gasteiger partial charge is 0.426 e. The normalized spacial score (nSPS) is 12.0. The molecule has 1 rings (SSSR count). The van der Waals surface area contributed by atoms with E-state index in [0.717, 1.165) is 18.9 Å². The molecule has 7 heteroatoms. The van der Waals surface area contributed by atoms with Crippen LogP contribution < -0.4 is 4.74 Å². The van der Waals surface area contributed by atoms with Crippen LogP contribution in [0.1, 0.15) is 102 Å². The molecule has 2 amide bonds. The predicted octanol–water partition coefficient (Wildman–Crippen LogP) is 8.71. The molecule has 0 bridgehead atoms. The van der Waals surface area contributed by atoms with Gasteiger partial charge in [0.05, 0.1) is 0 Å². The van der Waals surface area contributed by atoms with Crippen LogP contribution in [0.4, 0.5) is 0 Å². The number of unbranched alkanes of at least 4 members (excludes halogenated alkanes) is 8. The Balaban J connectivity index is 2.57. The maximum atomic E-state index is 12.8. The van der Waals surface area contributed by atoms with Gasteiger partial charge in [0.15, 0.2) is 0 Å². The van der Waals surface area contributed by atoms with E-state index >= 15 is 0 Å². The molecule has 43 heavy (non-hydrogen) atoms. The number of rotatable bonds is 19. The number of carbonyl (C=O) groups is 4. The molecule has 0 saturated carbocycles. The first-order valence-corrected chi connectivity index (χ1v) is 15.3. The van der Waals surface area contributed by atoms with Gasteiger partial charge in [-0.25, -0.2) is 4.79 Å². The van der Waals surface area contributed by atoms with Gasteiger partial charge in [0.2, 0.25) is 0 Å². The Labute approximate surface area is 257 Å². The van der Waals surface area contributed by atoms with Crippen molar-refractivity contribution >= 4 is 23.8 Å². The van der Waals surface area contributed by atoms with Crippen molar-refractivity contribution in [3.8, 4) is 5.75 Å². The van der Waals surface area contributed by atoms with Crippen molar-refractivity contribution in [3.05, 3.63) is 103 Å². The van der Waals surface area contributed by atoms with Crippen molar-refractivity contribution in [1.29, 1.82) is 0 Å². The molecule has 0 aliphatic heterocycles. The Kier molecular flexibility index (Phi) is 20.8. The first-order valence-electron chi connectivity index (χ1n) is 15.3. The summed E-state index contributed by atoms with van der Waals surface area (Å²) >= 11 is 0. The average molecular weight is 590 g/mol. The minimum absolute atomic E-state index is 0.0292. The third kappa shape index (κ3) is 18.0. The average Bonchev–Trinajstić information content (AvgIpc) is 2.99. The van der Waals surface area contributed by atoms with Crippen LogP contribution >= 0.6 is 0 Å². The van der Waals surface area contributed by atoms with Crippen LogP contribution in [0.3, 0.4) is 0 Å². The fraction of sp³-hybridized carbons (Fsp3) is 0.389. The first-order chi connectivity index (χ1) is 20.9. The van der Waals surface area contributed by atoms with Crippen molar-refractivity contribution < 1.29 is 28.8 Å². The second kappa shape index (κ2) is 24.3. The number of para-hydroxylation sites is 1. The first kappa shape index (κ1) is 36.8. The fourth-order valence-electron chi connectivity index (χ4n) is 3.77. The Bertz CT molecular complexity index is 1170. The van der Waals surface area contributed by atoms with Gasteiger partial charge in [0.1, 0.15) is 11.3 Å². The molecule has 0 aliphatic rings. The quantitative estimate of drug-likeness (QED) is 0.0400. The van der Waals surface area contributed by atoms with Gasteiger partial charge < -0.3 is 9.57 Å². The summed E-state index contributed by atoms with van der Waals surface area (Å²) in [7, 11) is 0. The number of amides is 2. The molecule has 0 aliphatic carbocycles. The number of nitrogens with zero attached hydrogens (tertiary/aromatic N) is 1. The highest BCUT2D eigenvalue weighted by Crippen LogP contribution is 2.20. The highest BCUT2D eigenvalue weighted by molar-refractivity contribution is 6.02. The third-order valence-corrected chi connectivity index (χ3v) is 6.05. The molecule has 0 radical (unpaired) electrons. The van der Waals surface area contributed by atoms with Crippen LogP contribution in [0, 0.1) is 0 Å². The summed E-state index contributed by atoms with van der Waals surface area (Å²) < 4.78 is 5.04. The maximum Gasteiger partial charge on any atom is 0.367 e. The fourth-order valence-corrected chi connectivity index (χ4v) is 3.77. The molecule has 1 aromatic carbocycles. The topological polar surface area (TPSA) is 90.0 Å². The van der Waals surface area contributed by atoms with Gasteiger partial charge in [-0.2, -0.15) is 0 Å². The number of hydrogen-bond acceptors (Lipinski definition) is 6. The Hall–Kier alpha value is -4.26. The summed E-state index contributed by atoms with van der Waals surface area (Å²) in [6.45, 7) is 5.34. The van der Waals surface area contributed by atoms with Crippen molar-refractivity contribution in [2.45, 2.75) is 91.4 Å². The molecule has 0 saturated heterocycles. The highest BCUT2D eigenvalue weighted by Gasteiger charge is 2.26. The van der Waals surface area contributed by atoms with E-state index in [1.54, 1.807) is 30.4 Å². The van der Waals surface area contributed by atoms with Crippen molar-refractivity contribution in [3.63, 3.8) is 0 Å². The van der Waals surface area contributed by atoms with E-state index in [0.29, 0.717) is 11.5 Å². The van der Waals surface area contributed by atoms with E-state index in [-0.39, 0.29) is 17.7 Å². The van der Waals surface area contributed by atoms with E-state index in [1.807, 2.05) is 37.3 Å². The number of carbonyl (C=O) groups excluding carboxylic acids is 4. The summed E-state index contributed by atoms with van der Waals surface area (Å²) in [6.07, 6.45) is 33.3. The van der Waals surface area contributed by atoms with Crippen molar-refractivity contribution in [1.82, 2.24) is 5.06 Å². The summed E-state index contributed by atoms with van der Waals surface area (Å²) in [5.41, 5.74) is -0.0878. The monoisotopic (exact) mass is 589 g/mol. The van der Waals surface area contributed by atoms with Gasteiger partial charge in [-0.05, 0) is 31.4 Å². The molecule has 0 spiro atoms. The maximum absolute atomic E-state index is 12.8. The van der Waals surface area contributed by atoms with Crippen LogP contribution in [0.15, 0.2) is 97.2 Å². The SMILES string of the molecule is CCCCCCCCCC=CC=CC=CC=CC=CC=CC(=O)N(OC(=O)c1ccccc1OC(C)=O)C(=O)CCCC. The molecule has 0 aromatic heterocycles. The zero-order valence-electron chi connectivity index (χ0n) is 25.9. The number of esters is 1. The summed E-state index contributed by atoms with van der Waals surface area (Å²) in [5, 5.41) is 0.445.